The minimum Gasteiger partial charge on any atom is -0.454 e. The predicted molar refractivity (Wildman–Crippen MR) is 82.6 cm³/mol. The second-order valence-corrected chi connectivity index (χ2v) is 5.61. The number of hydrogen-bond acceptors (Lipinski definition) is 2. The molecular formula is C16H17BrFNO. The molecule has 2 aromatic rings. The first-order valence-corrected chi connectivity index (χ1v) is 7.35. The molecule has 0 aromatic heterocycles. The van der Waals surface area contributed by atoms with Crippen molar-refractivity contribution in [1.29, 1.82) is 0 Å². The highest BCUT2D eigenvalue weighted by Crippen LogP contribution is 2.28. The van der Waals surface area contributed by atoms with E-state index in [1.165, 1.54) is 6.07 Å². The quantitative estimate of drug-likeness (QED) is 0.861. The van der Waals surface area contributed by atoms with Gasteiger partial charge in [0.1, 0.15) is 5.75 Å². The molecule has 2 rings (SSSR count). The largest absolute Gasteiger partial charge is 0.454 e. The van der Waals surface area contributed by atoms with E-state index in [0.29, 0.717) is 5.75 Å². The van der Waals surface area contributed by atoms with Gasteiger partial charge in [-0.05, 0) is 48.7 Å². The van der Waals surface area contributed by atoms with Gasteiger partial charge in [-0.25, -0.2) is 4.39 Å². The van der Waals surface area contributed by atoms with E-state index in [0.717, 1.165) is 22.9 Å². The first kappa shape index (κ1) is 15.0. The number of rotatable bonds is 5. The fourth-order valence-corrected chi connectivity index (χ4v) is 2.21. The van der Waals surface area contributed by atoms with Crippen LogP contribution in [0, 0.1) is 5.82 Å². The summed E-state index contributed by atoms with van der Waals surface area (Å²) in [6.07, 6.45) is 1.71. The molecule has 4 heteroatoms. The van der Waals surface area contributed by atoms with E-state index in [2.05, 4.69) is 22.9 Å². The molecule has 2 nitrogen and oxygen atoms in total. The molecule has 1 unspecified atom stereocenters. The summed E-state index contributed by atoms with van der Waals surface area (Å²) in [6.45, 7) is 2.06. The van der Waals surface area contributed by atoms with Crippen LogP contribution in [0.25, 0.3) is 0 Å². The van der Waals surface area contributed by atoms with Crippen LogP contribution in [-0.4, -0.2) is 6.04 Å². The zero-order valence-corrected chi connectivity index (χ0v) is 12.9. The van der Waals surface area contributed by atoms with Gasteiger partial charge in [0.15, 0.2) is 11.6 Å². The number of ether oxygens (including phenoxy) is 1. The summed E-state index contributed by atoms with van der Waals surface area (Å²) < 4.78 is 20.0. The lowest BCUT2D eigenvalue weighted by molar-refractivity contribution is 0.441. The smallest absolute Gasteiger partial charge is 0.165 e. The van der Waals surface area contributed by atoms with Crippen LogP contribution < -0.4 is 10.5 Å². The minimum atomic E-state index is -0.385. The Labute approximate surface area is 126 Å². The van der Waals surface area contributed by atoms with Crippen LogP contribution in [0.2, 0.25) is 0 Å². The van der Waals surface area contributed by atoms with E-state index in [1.807, 2.05) is 18.2 Å². The first-order valence-electron chi connectivity index (χ1n) is 6.56. The molecule has 0 heterocycles. The Morgan fingerprint density at radius 1 is 1.25 bits per heavy atom. The van der Waals surface area contributed by atoms with Crippen molar-refractivity contribution in [1.82, 2.24) is 0 Å². The van der Waals surface area contributed by atoms with E-state index in [1.54, 1.807) is 18.2 Å². The van der Waals surface area contributed by atoms with Gasteiger partial charge in [-0.2, -0.15) is 0 Å². The Balaban J connectivity index is 2.17. The summed E-state index contributed by atoms with van der Waals surface area (Å²) in [4.78, 5) is 0. The lowest BCUT2D eigenvalue weighted by Gasteiger charge is -2.11. The van der Waals surface area contributed by atoms with Gasteiger partial charge in [0.2, 0.25) is 0 Å². The third-order valence-corrected chi connectivity index (χ3v) is 3.54. The maximum absolute atomic E-state index is 13.7. The van der Waals surface area contributed by atoms with Crippen molar-refractivity contribution in [2.75, 3.05) is 0 Å². The Morgan fingerprint density at radius 2 is 2.05 bits per heavy atom. The van der Waals surface area contributed by atoms with E-state index < -0.39 is 0 Å². The average molecular weight is 338 g/mol. The highest BCUT2D eigenvalue weighted by molar-refractivity contribution is 9.10. The Bertz CT molecular complexity index is 588. The molecule has 0 radical (unpaired) electrons. The van der Waals surface area contributed by atoms with Gasteiger partial charge >= 0.3 is 0 Å². The fraction of sp³-hybridized carbons (Fsp3) is 0.250. The fourth-order valence-electron chi connectivity index (χ4n) is 1.87. The van der Waals surface area contributed by atoms with Gasteiger partial charge in [-0.3, -0.25) is 0 Å². The zero-order chi connectivity index (χ0) is 14.5. The van der Waals surface area contributed by atoms with Gasteiger partial charge in [0.25, 0.3) is 0 Å². The molecule has 0 aliphatic rings. The topological polar surface area (TPSA) is 35.2 Å². The summed E-state index contributed by atoms with van der Waals surface area (Å²) in [5.41, 5.74) is 7.03. The molecule has 2 aromatic carbocycles. The van der Waals surface area contributed by atoms with Gasteiger partial charge in [-0.1, -0.05) is 35.0 Å². The molecule has 0 bridgehead atoms. The Kier molecular flexibility index (Phi) is 5.15. The second-order valence-electron chi connectivity index (χ2n) is 4.70. The van der Waals surface area contributed by atoms with Crippen molar-refractivity contribution in [3.63, 3.8) is 0 Å². The van der Waals surface area contributed by atoms with Crippen molar-refractivity contribution in [2.24, 2.45) is 5.73 Å². The van der Waals surface area contributed by atoms with Crippen LogP contribution in [0.4, 0.5) is 4.39 Å². The van der Waals surface area contributed by atoms with Gasteiger partial charge in [-0.15, -0.1) is 0 Å². The molecule has 0 amide bonds. The van der Waals surface area contributed by atoms with E-state index in [4.69, 9.17) is 10.5 Å². The van der Waals surface area contributed by atoms with Crippen molar-refractivity contribution < 1.29 is 9.13 Å². The third-order valence-electron chi connectivity index (χ3n) is 3.04. The highest BCUT2D eigenvalue weighted by Gasteiger charge is 2.07. The molecule has 0 aliphatic heterocycles. The van der Waals surface area contributed by atoms with Crippen LogP contribution in [0.1, 0.15) is 18.9 Å². The zero-order valence-electron chi connectivity index (χ0n) is 11.3. The van der Waals surface area contributed by atoms with Crippen LogP contribution >= 0.6 is 15.9 Å². The minimum absolute atomic E-state index is 0.132. The summed E-state index contributed by atoms with van der Waals surface area (Å²) in [5, 5.41) is 0. The SMILES string of the molecule is CCC(N)Cc1cccc(Oc2cc(Br)ccc2F)c1. The lowest BCUT2D eigenvalue weighted by Crippen LogP contribution is -2.21. The molecule has 0 spiro atoms. The molecule has 106 valence electrons. The number of benzene rings is 2. The van der Waals surface area contributed by atoms with Crippen LogP contribution in [0.3, 0.4) is 0 Å². The van der Waals surface area contributed by atoms with Crippen LogP contribution in [-0.2, 0) is 6.42 Å². The van der Waals surface area contributed by atoms with Crippen molar-refractivity contribution >= 4 is 15.9 Å². The standard InChI is InChI=1S/C16H17BrFNO/c1-2-13(19)8-11-4-3-5-14(9-11)20-16-10-12(17)6-7-15(16)18/h3-7,9-10,13H,2,8,19H2,1H3. The predicted octanol–water partition coefficient (Wildman–Crippen LogP) is 4.66. The lowest BCUT2D eigenvalue weighted by atomic mass is 10.0. The Morgan fingerprint density at radius 3 is 2.80 bits per heavy atom. The van der Waals surface area contributed by atoms with E-state index in [9.17, 15) is 4.39 Å². The molecule has 0 fully saturated rings. The van der Waals surface area contributed by atoms with Crippen LogP contribution in [0.5, 0.6) is 11.5 Å². The molecule has 0 saturated heterocycles. The maximum atomic E-state index is 13.7. The van der Waals surface area contributed by atoms with Crippen molar-refractivity contribution in [2.45, 2.75) is 25.8 Å². The summed E-state index contributed by atoms with van der Waals surface area (Å²) >= 11 is 3.30. The van der Waals surface area contributed by atoms with E-state index >= 15 is 0 Å². The molecular weight excluding hydrogens is 321 g/mol. The Hall–Kier alpha value is -1.39. The molecule has 0 aliphatic carbocycles. The number of nitrogens with two attached hydrogens (primary N) is 1. The molecule has 2 N–H and O–H groups in total. The highest BCUT2D eigenvalue weighted by atomic mass is 79.9. The first-order chi connectivity index (χ1) is 9.58. The summed E-state index contributed by atoms with van der Waals surface area (Å²) in [6, 6.07) is 12.3. The average Bonchev–Trinajstić information content (AvgIpc) is 2.43. The summed E-state index contributed by atoms with van der Waals surface area (Å²) in [5.74, 6) is 0.433. The monoisotopic (exact) mass is 337 g/mol. The number of halogens is 2. The van der Waals surface area contributed by atoms with Crippen molar-refractivity contribution in [3.05, 3.63) is 58.3 Å². The van der Waals surface area contributed by atoms with Crippen molar-refractivity contribution in [3.8, 4) is 11.5 Å². The third kappa shape index (κ3) is 4.05. The summed E-state index contributed by atoms with van der Waals surface area (Å²) in [7, 11) is 0. The van der Waals surface area contributed by atoms with Gasteiger partial charge in [0.05, 0.1) is 0 Å². The van der Waals surface area contributed by atoms with Crippen LogP contribution in [0.15, 0.2) is 46.9 Å². The van der Waals surface area contributed by atoms with E-state index in [-0.39, 0.29) is 17.6 Å². The molecule has 20 heavy (non-hydrogen) atoms. The normalized spacial score (nSPS) is 12.2. The molecule has 0 saturated carbocycles. The molecule has 1 atom stereocenters. The maximum Gasteiger partial charge on any atom is 0.165 e. The van der Waals surface area contributed by atoms with Gasteiger partial charge < -0.3 is 10.5 Å². The van der Waals surface area contributed by atoms with Gasteiger partial charge in [0, 0.05) is 10.5 Å². The number of hydrogen-bond donors (Lipinski definition) is 1. The second kappa shape index (κ2) is 6.86.